The van der Waals surface area contributed by atoms with Crippen LogP contribution >= 0.6 is 0 Å². The predicted octanol–water partition coefficient (Wildman–Crippen LogP) is 3.44. The number of rotatable bonds is 1. The van der Waals surface area contributed by atoms with Crippen LogP contribution in [-0.2, 0) is 0 Å². The Morgan fingerprint density at radius 2 is 1.89 bits per heavy atom. The van der Waals surface area contributed by atoms with Gasteiger partial charge in [-0.05, 0) is 42.5 Å². The summed E-state index contributed by atoms with van der Waals surface area (Å²) in [6.45, 7) is 6.96. The van der Waals surface area contributed by atoms with Crippen molar-refractivity contribution in [2.24, 2.45) is 5.41 Å². The fourth-order valence-electron chi connectivity index (χ4n) is 2.78. The van der Waals surface area contributed by atoms with E-state index in [0.29, 0.717) is 5.41 Å². The molecule has 100 valence electrons. The van der Waals surface area contributed by atoms with Gasteiger partial charge in [-0.2, -0.15) is 0 Å². The van der Waals surface area contributed by atoms with Gasteiger partial charge < -0.3 is 10.6 Å². The second kappa shape index (κ2) is 4.41. The predicted molar refractivity (Wildman–Crippen MR) is 81.4 cm³/mol. The van der Waals surface area contributed by atoms with E-state index < -0.39 is 0 Å². The van der Waals surface area contributed by atoms with Gasteiger partial charge in [0.15, 0.2) is 0 Å². The summed E-state index contributed by atoms with van der Waals surface area (Å²) < 4.78 is 0. The summed E-state index contributed by atoms with van der Waals surface area (Å²) in [7, 11) is 0. The van der Waals surface area contributed by atoms with Crippen LogP contribution in [0.2, 0.25) is 0 Å². The van der Waals surface area contributed by atoms with Gasteiger partial charge in [0, 0.05) is 36.0 Å². The van der Waals surface area contributed by atoms with E-state index in [4.69, 9.17) is 5.73 Å². The first-order valence-corrected chi connectivity index (χ1v) is 6.94. The van der Waals surface area contributed by atoms with Gasteiger partial charge in [-0.15, -0.1) is 0 Å². The van der Waals surface area contributed by atoms with Crippen LogP contribution in [0.3, 0.4) is 0 Å². The van der Waals surface area contributed by atoms with Gasteiger partial charge in [0.25, 0.3) is 0 Å². The highest BCUT2D eigenvalue weighted by atomic mass is 15.1. The maximum Gasteiger partial charge on any atom is 0.0743 e. The van der Waals surface area contributed by atoms with E-state index in [0.717, 1.165) is 24.3 Å². The molecule has 0 spiro atoms. The summed E-state index contributed by atoms with van der Waals surface area (Å²) >= 11 is 0. The molecular formula is C16H21N3. The SMILES string of the molecule is CC1(C)CCN(c2ccnc3cc(N)ccc23)CC1. The monoisotopic (exact) mass is 255 g/mol. The number of aromatic nitrogens is 1. The Kier molecular flexibility index (Phi) is 2.85. The van der Waals surface area contributed by atoms with Crippen molar-refractivity contribution in [3.8, 4) is 0 Å². The van der Waals surface area contributed by atoms with Crippen molar-refractivity contribution in [1.29, 1.82) is 0 Å². The smallest absolute Gasteiger partial charge is 0.0743 e. The maximum absolute atomic E-state index is 5.83. The highest BCUT2D eigenvalue weighted by Crippen LogP contribution is 2.34. The number of hydrogen-bond donors (Lipinski definition) is 1. The zero-order valence-corrected chi connectivity index (χ0v) is 11.7. The molecule has 2 aromatic rings. The minimum atomic E-state index is 0.476. The fraction of sp³-hybridized carbons (Fsp3) is 0.438. The van der Waals surface area contributed by atoms with Gasteiger partial charge in [0.2, 0.25) is 0 Å². The molecule has 3 heteroatoms. The van der Waals surface area contributed by atoms with Crippen LogP contribution in [0.5, 0.6) is 0 Å². The molecule has 0 bridgehead atoms. The van der Waals surface area contributed by atoms with Crippen LogP contribution < -0.4 is 10.6 Å². The number of nitrogens with zero attached hydrogens (tertiary/aromatic N) is 2. The highest BCUT2D eigenvalue weighted by molar-refractivity contribution is 5.93. The molecule has 1 aromatic carbocycles. The fourth-order valence-corrected chi connectivity index (χ4v) is 2.78. The van der Waals surface area contributed by atoms with Gasteiger partial charge in [-0.3, -0.25) is 4.98 Å². The van der Waals surface area contributed by atoms with E-state index in [-0.39, 0.29) is 0 Å². The Hall–Kier alpha value is -1.77. The second-order valence-corrected chi connectivity index (χ2v) is 6.26. The topological polar surface area (TPSA) is 42.2 Å². The van der Waals surface area contributed by atoms with Crippen molar-refractivity contribution in [3.05, 3.63) is 30.5 Å². The van der Waals surface area contributed by atoms with Crippen LogP contribution in [-0.4, -0.2) is 18.1 Å². The van der Waals surface area contributed by atoms with Crippen LogP contribution in [0.4, 0.5) is 11.4 Å². The molecule has 1 aromatic heterocycles. The molecule has 0 atom stereocenters. The third-order valence-corrected chi connectivity index (χ3v) is 4.20. The van der Waals surface area contributed by atoms with E-state index in [2.05, 4.69) is 35.9 Å². The van der Waals surface area contributed by atoms with Crippen LogP contribution in [0.25, 0.3) is 10.9 Å². The third-order valence-electron chi connectivity index (χ3n) is 4.20. The molecular weight excluding hydrogens is 234 g/mol. The zero-order valence-electron chi connectivity index (χ0n) is 11.7. The summed E-state index contributed by atoms with van der Waals surface area (Å²) in [5, 5.41) is 1.21. The number of fused-ring (bicyclic) bond motifs is 1. The molecule has 3 rings (SSSR count). The first-order valence-electron chi connectivity index (χ1n) is 6.94. The zero-order chi connectivity index (χ0) is 13.5. The first-order chi connectivity index (χ1) is 9.05. The van der Waals surface area contributed by atoms with Crippen LogP contribution in [0.1, 0.15) is 26.7 Å². The second-order valence-electron chi connectivity index (χ2n) is 6.26. The Labute approximate surface area is 114 Å². The Bertz CT molecular complexity index is 594. The number of benzene rings is 1. The number of pyridine rings is 1. The molecule has 2 heterocycles. The van der Waals surface area contributed by atoms with Crippen LogP contribution in [0.15, 0.2) is 30.5 Å². The summed E-state index contributed by atoms with van der Waals surface area (Å²) in [5.74, 6) is 0. The average Bonchev–Trinajstić information content (AvgIpc) is 2.38. The van der Waals surface area contributed by atoms with Crippen molar-refractivity contribution in [1.82, 2.24) is 4.98 Å². The van der Waals surface area contributed by atoms with Gasteiger partial charge in [0.1, 0.15) is 0 Å². The van der Waals surface area contributed by atoms with E-state index >= 15 is 0 Å². The molecule has 3 nitrogen and oxygen atoms in total. The minimum absolute atomic E-state index is 0.476. The van der Waals surface area contributed by atoms with Crippen LogP contribution in [0, 0.1) is 5.41 Å². The molecule has 19 heavy (non-hydrogen) atoms. The first kappa shape index (κ1) is 12.3. The lowest BCUT2D eigenvalue weighted by molar-refractivity contribution is 0.280. The lowest BCUT2D eigenvalue weighted by Crippen LogP contribution is -2.37. The molecule has 0 saturated carbocycles. The van der Waals surface area contributed by atoms with E-state index in [9.17, 15) is 0 Å². The molecule has 0 amide bonds. The van der Waals surface area contributed by atoms with Gasteiger partial charge in [0.05, 0.1) is 5.52 Å². The van der Waals surface area contributed by atoms with Gasteiger partial charge in [-0.25, -0.2) is 0 Å². The molecule has 1 saturated heterocycles. The lowest BCUT2D eigenvalue weighted by atomic mass is 9.82. The highest BCUT2D eigenvalue weighted by Gasteiger charge is 2.26. The number of nitrogen functional groups attached to an aromatic ring is 1. The third kappa shape index (κ3) is 2.37. The largest absolute Gasteiger partial charge is 0.399 e. The Morgan fingerprint density at radius 1 is 1.16 bits per heavy atom. The van der Waals surface area contributed by atoms with Gasteiger partial charge >= 0.3 is 0 Å². The Morgan fingerprint density at radius 3 is 2.63 bits per heavy atom. The van der Waals surface area contributed by atoms with Crippen molar-refractivity contribution in [2.75, 3.05) is 23.7 Å². The van der Waals surface area contributed by atoms with E-state index in [1.807, 2.05) is 18.3 Å². The molecule has 1 aliphatic heterocycles. The maximum atomic E-state index is 5.83. The van der Waals surface area contributed by atoms with E-state index in [1.54, 1.807) is 0 Å². The van der Waals surface area contributed by atoms with Crippen molar-refractivity contribution in [2.45, 2.75) is 26.7 Å². The van der Waals surface area contributed by atoms with E-state index in [1.165, 1.54) is 23.9 Å². The normalized spacial score (nSPS) is 18.7. The lowest BCUT2D eigenvalue weighted by Gasteiger charge is -2.38. The molecule has 0 aliphatic carbocycles. The molecule has 2 N–H and O–H groups in total. The summed E-state index contributed by atoms with van der Waals surface area (Å²) in [6.07, 6.45) is 4.37. The number of piperidine rings is 1. The number of anilines is 2. The molecule has 1 aliphatic rings. The number of nitrogens with two attached hydrogens (primary N) is 1. The Balaban J connectivity index is 1.97. The molecule has 0 radical (unpaired) electrons. The minimum Gasteiger partial charge on any atom is -0.399 e. The van der Waals surface area contributed by atoms with Gasteiger partial charge in [-0.1, -0.05) is 13.8 Å². The summed E-state index contributed by atoms with van der Waals surface area (Å²) in [5.41, 5.74) is 9.37. The summed E-state index contributed by atoms with van der Waals surface area (Å²) in [6, 6.07) is 8.12. The summed E-state index contributed by atoms with van der Waals surface area (Å²) in [4.78, 5) is 6.90. The number of hydrogen-bond acceptors (Lipinski definition) is 3. The van der Waals surface area contributed by atoms with Crippen molar-refractivity contribution in [3.63, 3.8) is 0 Å². The molecule has 0 unspecified atom stereocenters. The molecule has 1 fully saturated rings. The standard InChI is InChI=1S/C16H21N3/c1-16(2)6-9-19(10-7-16)15-5-8-18-14-11-12(17)3-4-13(14)15/h3-5,8,11H,6-7,9-10,17H2,1-2H3. The average molecular weight is 255 g/mol. The van der Waals surface area contributed by atoms with Crippen molar-refractivity contribution >= 4 is 22.3 Å². The van der Waals surface area contributed by atoms with Crippen molar-refractivity contribution < 1.29 is 0 Å². The quantitative estimate of drug-likeness (QED) is 0.794.